The second-order valence-corrected chi connectivity index (χ2v) is 4.01. The molecule has 0 aliphatic rings. The van der Waals surface area contributed by atoms with Crippen molar-refractivity contribution in [3.05, 3.63) is 22.6 Å². The van der Waals surface area contributed by atoms with Gasteiger partial charge in [-0.2, -0.15) is 0 Å². The third-order valence-corrected chi connectivity index (χ3v) is 2.73. The second-order valence-electron chi connectivity index (χ2n) is 4.01. The Bertz CT molecular complexity index is 459. The van der Waals surface area contributed by atoms with E-state index in [-0.39, 0.29) is 29.9 Å². The number of furan rings is 1. The molecule has 0 fully saturated rings. The van der Waals surface area contributed by atoms with Gasteiger partial charge in [0.1, 0.15) is 23.2 Å². The molecule has 3 N–H and O–H groups in total. The Morgan fingerprint density at radius 2 is 1.94 bits per heavy atom. The van der Waals surface area contributed by atoms with Gasteiger partial charge in [-0.1, -0.05) is 6.92 Å². The number of carbonyl (C=O) groups is 2. The number of aryl methyl sites for hydroxylation is 1. The SMILES string of the molecule is CCC(O)c1oc(CCC(=O)O)c(C(=O)O)c1C. The molecule has 18 heavy (non-hydrogen) atoms. The maximum Gasteiger partial charge on any atom is 0.339 e. The fourth-order valence-corrected chi connectivity index (χ4v) is 1.77. The highest BCUT2D eigenvalue weighted by Gasteiger charge is 2.25. The predicted octanol–water partition coefficient (Wildman–Crippen LogP) is 1.75. The molecular weight excluding hydrogens is 240 g/mol. The van der Waals surface area contributed by atoms with Gasteiger partial charge in [-0.3, -0.25) is 4.79 Å². The van der Waals surface area contributed by atoms with Crippen molar-refractivity contribution in [1.82, 2.24) is 0 Å². The standard InChI is InChI=1S/C12H16O6/c1-3-7(13)11-6(2)10(12(16)17)8(18-11)4-5-9(14)15/h7,13H,3-5H2,1-2H3,(H,14,15)(H,16,17). The van der Waals surface area contributed by atoms with Gasteiger partial charge in [-0.25, -0.2) is 4.79 Å². The van der Waals surface area contributed by atoms with Crippen LogP contribution in [0.5, 0.6) is 0 Å². The van der Waals surface area contributed by atoms with Crippen LogP contribution in [0.2, 0.25) is 0 Å². The van der Waals surface area contributed by atoms with Gasteiger partial charge in [0, 0.05) is 12.0 Å². The van der Waals surface area contributed by atoms with Crippen molar-refractivity contribution < 1.29 is 29.3 Å². The zero-order valence-corrected chi connectivity index (χ0v) is 10.3. The maximum absolute atomic E-state index is 11.1. The molecule has 1 aromatic heterocycles. The fraction of sp³-hybridized carbons (Fsp3) is 0.500. The molecule has 0 saturated carbocycles. The van der Waals surface area contributed by atoms with Gasteiger partial charge in [-0.05, 0) is 13.3 Å². The minimum atomic E-state index is -1.17. The first-order valence-electron chi connectivity index (χ1n) is 5.63. The van der Waals surface area contributed by atoms with Crippen molar-refractivity contribution in [2.24, 2.45) is 0 Å². The number of aromatic carboxylic acids is 1. The van der Waals surface area contributed by atoms with Crippen LogP contribution < -0.4 is 0 Å². The van der Waals surface area contributed by atoms with E-state index >= 15 is 0 Å². The number of hydrogen-bond acceptors (Lipinski definition) is 4. The van der Waals surface area contributed by atoms with E-state index in [1.165, 1.54) is 0 Å². The van der Waals surface area contributed by atoms with Crippen molar-refractivity contribution >= 4 is 11.9 Å². The first-order valence-corrected chi connectivity index (χ1v) is 5.63. The first-order chi connectivity index (χ1) is 8.38. The molecule has 1 rings (SSSR count). The van der Waals surface area contributed by atoms with Crippen LogP contribution in [0.1, 0.15) is 53.3 Å². The van der Waals surface area contributed by atoms with E-state index in [4.69, 9.17) is 14.6 Å². The summed E-state index contributed by atoms with van der Waals surface area (Å²) in [4.78, 5) is 21.6. The van der Waals surface area contributed by atoms with E-state index in [1.807, 2.05) is 0 Å². The molecule has 0 bridgehead atoms. The van der Waals surface area contributed by atoms with E-state index in [1.54, 1.807) is 13.8 Å². The molecule has 6 heteroatoms. The maximum atomic E-state index is 11.1. The smallest absolute Gasteiger partial charge is 0.339 e. The summed E-state index contributed by atoms with van der Waals surface area (Å²) in [7, 11) is 0. The van der Waals surface area contributed by atoms with Crippen molar-refractivity contribution in [2.75, 3.05) is 0 Å². The quantitative estimate of drug-likeness (QED) is 0.715. The molecular formula is C12H16O6. The van der Waals surface area contributed by atoms with Crippen LogP contribution in [0.4, 0.5) is 0 Å². The molecule has 0 amide bonds. The summed E-state index contributed by atoms with van der Waals surface area (Å²) in [5.74, 6) is -1.90. The fourth-order valence-electron chi connectivity index (χ4n) is 1.77. The Labute approximate surface area is 104 Å². The van der Waals surface area contributed by atoms with Gasteiger partial charge >= 0.3 is 11.9 Å². The van der Waals surface area contributed by atoms with Crippen LogP contribution in [-0.4, -0.2) is 27.3 Å². The highest BCUT2D eigenvalue weighted by atomic mass is 16.4. The minimum absolute atomic E-state index is 0.00571. The zero-order valence-electron chi connectivity index (χ0n) is 10.3. The summed E-state index contributed by atoms with van der Waals surface area (Å²) in [6.45, 7) is 3.29. The Hall–Kier alpha value is -1.82. The number of rotatable bonds is 6. The van der Waals surface area contributed by atoms with Gasteiger partial charge in [0.15, 0.2) is 0 Å². The number of carboxylic acids is 2. The van der Waals surface area contributed by atoms with Gasteiger partial charge < -0.3 is 19.7 Å². The monoisotopic (exact) mass is 256 g/mol. The first kappa shape index (κ1) is 14.2. The third kappa shape index (κ3) is 2.89. The average Bonchev–Trinajstić information content (AvgIpc) is 2.62. The van der Waals surface area contributed by atoms with Crippen LogP contribution in [0.3, 0.4) is 0 Å². The van der Waals surface area contributed by atoms with E-state index in [9.17, 15) is 14.7 Å². The number of aliphatic hydroxyl groups excluding tert-OH is 1. The van der Waals surface area contributed by atoms with E-state index < -0.39 is 18.0 Å². The van der Waals surface area contributed by atoms with Crippen LogP contribution >= 0.6 is 0 Å². The van der Waals surface area contributed by atoms with Gasteiger partial charge in [0.05, 0.1) is 6.42 Å². The highest BCUT2D eigenvalue weighted by molar-refractivity contribution is 5.91. The van der Waals surface area contributed by atoms with E-state index in [2.05, 4.69) is 0 Å². The Morgan fingerprint density at radius 3 is 2.39 bits per heavy atom. The highest BCUT2D eigenvalue weighted by Crippen LogP contribution is 2.29. The van der Waals surface area contributed by atoms with Gasteiger partial charge in [0.2, 0.25) is 0 Å². The lowest BCUT2D eigenvalue weighted by Crippen LogP contribution is -2.04. The second kappa shape index (κ2) is 5.68. The molecule has 0 aromatic carbocycles. The summed E-state index contributed by atoms with van der Waals surface area (Å²) < 4.78 is 5.32. The molecule has 6 nitrogen and oxygen atoms in total. The molecule has 1 aromatic rings. The number of hydrogen-bond donors (Lipinski definition) is 3. The number of aliphatic carboxylic acids is 1. The summed E-state index contributed by atoms with van der Waals surface area (Å²) >= 11 is 0. The molecule has 1 atom stereocenters. The van der Waals surface area contributed by atoms with Crippen LogP contribution in [0.25, 0.3) is 0 Å². The Kier molecular flexibility index (Phi) is 4.49. The van der Waals surface area contributed by atoms with Crippen LogP contribution in [0, 0.1) is 6.92 Å². The molecule has 0 saturated heterocycles. The largest absolute Gasteiger partial charge is 0.481 e. The number of carboxylic acid groups (broad SMARTS) is 2. The number of aliphatic hydroxyl groups is 1. The lowest BCUT2D eigenvalue weighted by Gasteiger charge is -2.04. The van der Waals surface area contributed by atoms with E-state index in [0.717, 1.165) is 0 Å². The van der Waals surface area contributed by atoms with Crippen molar-refractivity contribution in [3.8, 4) is 0 Å². The summed E-state index contributed by atoms with van der Waals surface area (Å²) in [5.41, 5.74) is 0.316. The van der Waals surface area contributed by atoms with Crippen molar-refractivity contribution in [3.63, 3.8) is 0 Å². The third-order valence-electron chi connectivity index (χ3n) is 2.73. The van der Waals surface area contributed by atoms with Crippen LogP contribution in [-0.2, 0) is 11.2 Å². The lowest BCUT2D eigenvalue weighted by atomic mass is 10.0. The Balaban J connectivity index is 3.15. The topological polar surface area (TPSA) is 108 Å². The lowest BCUT2D eigenvalue weighted by molar-refractivity contribution is -0.137. The van der Waals surface area contributed by atoms with E-state index in [0.29, 0.717) is 12.0 Å². The summed E-state index contributed by atoms with van der Waals surface area (Å²) in [6.07, 6.45) is -0.698. The molecule has 100 valence electrons. The minimum Gasteiger partial charge on any atom is -0.481 e. The average molecular weight is 256 g/mol. The molecule has 0 radical (unpaired) electrons. The molecule has 0 aliphatic heterocycles. The normalized spacial score (nSPS) is 12.4. The molecule has 0 aliphatic carbocycles. The zero-order chi connectivity index (χ0) is 13.9. The summed E-state index contributed by atoms with van der Waals surface area (Å²) in [6, 6.07) is 0. The van der Waals surface area contributed by atoms with Crippen molar-refractivity contribution in [2.45, 2.75) is 39.2 Å². The van der Waals surface area contributed by atoms with Crippen LogP contribution in [0.15, 0.2) is 4.42 Å². The molecule has 1 heterocycles. The van der Waals surface area contributed by atoms with Crippen molar-refractivity contribution in [1.29, 1.82) is 0 Å². The predicted molar refractivity (Wildman–Crippen MR) is 61.6 cm³/mol. The summed E-state index contributed by atoms with van der Waals surface area (Å²) in [5, 5.41) is 27.4. The molecule has 0 spiro atoms. The van der Waals surface area contributed by atoms with Gasteiger partial charge in [0.25, 0.3) is 0 Å². The molecule has 1 unspecified atom stereocenters. The van der Waals surface area contributed by atoms with Gasteiger partial charge in [-0.15, -0.1) is 0 Å². The Morgan fingerprint density at radius 1 is 1.33 bits per heavy atom.